The van der Waals surface area contributed by atoms with Gasteiger partial charge in [-0.25, -0.2) is 4.98 Å². The van der Waals surface area contributed by atoms with Gasteiger partial charge in [0.2, 0.25) is 5.88 Å². The Morgan fingerprint density at radius 1 is 1.30 bits per heavy atom. The smallest absolute Gasteiger partial charge is 0.237 e. The van der Waals surface area contributed by atoms with Crippen LogP contribution >= 0.6 is 15.9 Å². The van der Waals surface area contributed by atoms with Crippen LogP contribution in [-0.2, 0) is 6.54 Å². The molecule has 1 aromatic heterocycles. The van der Waals surface area contributed by atoms with Crippen LogP contribution < -0.4 is 10.1 Å². The zero-order valence-corrected chi connectivity index (χ0v) is 12.9. The Morgan fingerprint density at radius 2 is 2.15 bits per heavy atom. The molecular formula is C15H16BrN3O. The topological polar surface area (TPSA) is 47.0 Å². The first kappa shape index (κ1) is 13.5. The van der Waals surface area contributed by atoms with Crippen molar-refractivity contribution in [3.8, 4) is 11.6 Å². The highest BCUT2D eigenvalue weighted by molar-refractivity contribution is 9.10. The summed E-state index contributed by atoms with van der Waals surface area (Å²) in [6.07, 6.45) is 5.98. The molecule has 1 aliphatic carbocycles. The fraction of sp³-hybridized carbons (Fsp3) is 0.333. The van der Waals surface area contributed by atoms with E-state index in [0.717, 1.165) is 28.0 Å². The number of rotatable bonds is 5. The largest absolute Gasteiger partial charge is 0.437 e. The number of nitrogens with one attached hydrogen (secondary N) is 1. The van der Waals surface area contributed by atoms with Gasteiger partial charge in [0.25, 0.3) is 0 Å². The van der Waals surface area contributed by atoms with Crippen molar-refractivity contribution in [3.05, 3.63) is 46.3 Å². The first-order valence-corrected chi connectivity index (χ1v) is 7.48. The minimum absolute atomic E-state index is 0.515. The van der Waals surface area contributed by atoms with Gasteiger partial charge < -0.3 is 10.1 Å². The molecule has 1 aliphatic rings. The first-order valence-electron chi connectivity index (χ1n) is 6.69. The summed E-state index contributed by atoms with van der Waals surface area (Å²) in [7, 11) is 0. The molecule has 104 valence electrons. The van der Waals surface area contributed by atoms with Crippen LogP contribution in [0.4, 0.5) is 0 Å². The minimum atomic E-state index is 0.515. The monoisotopic (exact) mass is 333 g/mol. The van der Waals surface area contributed by atoms with E-state index in [1.165, 1.54) is 12.8 Å². The molecule has 1 N–H and O–H groups in total. The van der Waals surface area contributed by atoms with Crippen molar-refractivity contribution in [2.75, 3.05) is 0 Å². The molecule has 0 bridgehead atoms. The van der Waals surface area contributed by atoms with Crippen LogP contribution in [-0.4, -0.2) is 16.0 Å². The number of ether oxygens (including phenoxy) is 1. The number of nitrogens with zero attached hydrogens (tertiary/aromatic N) is 2. The second-order valence-electron chi connectivity index (χ2n) is 5.01. The Labute approximate surface area is 126 Å². The van der Waals surface area contributed by atoms with Crippen molar-refractivity contribution in [2.24, 2.45) is 0 Å². The molecule has 5 heteroatoms. The summed E-state index contributed by atoms with van der Waals surface area (Å²) in [5.74, 6) is 1.30. The molecular weight excluding hydrogens is 318 g/mol. The number of aromatic nitrogens is 2. The zero-order chi connectivity index (χ0) is 13.9. The van der Waals surface area contributed by atoms with Gasteiger partial charge in [0.05, 0.1) is 18.1 Å². The van der Waals surface area contributed by atoms with E-state index in [0.29, 0.717) is 11.9 Å². The fourth-order valence-electron chi connectivity index (χ4n) is 1.82. The van der Waals surface area contributed by atoms with Gasteiger partial charge in [0, 0.05) is 17.1 Å². The Morgan fingerprint density at radius 3 is 2.85 bits per heavy atom. The maximum absolute atomic E-state index is 5.76. The van der Waals surface area contributed by atoms with Gasteiger partial charge in [-0.1, -0.05) is 22.0 Å². The highest BCUT2D eigenvalue weighted by Crippen LogP contribution is 2.26. The van der Waals surface area contributed by atoms with Crippen LogP contribution in [0, 0.1) is 6.92 Å². The van der Waals surface area contributed by atoms with Crippen molar-refractivity contribution in [1.82, 2.24) is 15.3 Å². The molecule has 0 atom stereocenters. The van der Waals surface area contributed by atoms with Gasteiger partial charge in [0.1, 0.15) is 5.75 Å². The normalized spacial score (nSPS) is 14.3. The van der Waals surface area contributed by atoms with E-state index < -0.39 is 0 Å². The van der Waals surface area contributed by atoms with Crippen LogP contribution in [0.25, 0.3) is 0 Å². The van der Waals surface area contributed by atoms with Gasteiger partial charge in [-0.15, -0.1) is 0 Å². The summed E-state index contributed by atoms with van der Waals surface area (Å²) < 4.78 is 6.74. The molecule has 1 heterocycles. The predicted molar refractivity (Wildman–Crippen MR) is 80.8 cm³/mol. The van der Waals surface area contributed by atoms with E-state index in [1.54, 1.807) is 12.4 Å². The third kappa shape index (κ3) is 3.55. The molecule has 2 aromatic rings. The van der Waals surface area contributed by atoms with E-state index in [9.17, 15) is 0 Å². The van der Waals surface area contributed by atoms with E-state index in [1.807, 2.05) is 25.1 Å². The lowest BCUT2D eigenvalue weighted by Gasteiger charge is -2.08. The zero-order valence-electron chi connectivity index (χ0n) is 11.3. The standard InChI is InChI=1S/C15H16BrN3O/c1-10-2-3-11(16)6-14(10)20-15-9-18-13(8-19-15)7-17-12-4-5-12/h2-3,6,8-9,12,17H,4-5,7H2,1H3. The lowest BCUT2D eigenvalue weighted by molar-refractivity contribution is 0.455. The Bertz CT molecular complexity index is 597. The second kappa shape index (κ2) is 5.89. The van der Waals surface area contributed by atoms with Gasteiger partial charge in [0.15, 0.2) is 0 Å². The molecule has 0 spiro atoms. The molecule has 3 rings (SSSR count). The van der Waals surface area contributed by atoms with Gasteiger partial charge >= 0.3 is 0 Å². The number of hydrogen-bond acceptors (Lipinski definition) is 4. The highest BCUT2D eigenvalue weighted by Gasteiger charge is 2.20. The molecule has 0 aliphatic heterocycles. The summed E-state index contributed by atoms with van der Waals surface area (Å²) in [5, 5.41) is 3.41. The molecule has 20 heavy (non-hydrogen) atoms. The fourth-order valence-corrected chi connectivity index (χ4v) is 2.16. The van der Waals surface area contributed by atoms with Gasteiger partial charge in [-0.2, -0.15) is 0 Å². The van der Waals surface area contributed by atoms with E-state index in [2.05, 4.69) is 31.2 Å². The second-order valence-corrected chi connectivity index (χ2v) is 5.93. The van der Waals surface area contributed by atoms with Gasteiger partial charge in [-0.3, -0.25) is 4.98 Å². The molecule has 0 saturated heterocycles. The van der Waals surface area contributed by atoms with Gasteiger partial charge in [-0.05, 0) is 37.5 Å². The third-order valence-electron chi connectivity index (χ3n) is 3.20. The van der Waals surface area contributed by atoms with Crippen molar-refractivity contribution < 1.29 is 4.74 Å². The Kier molecular flexibility index (Phi) is 3.98. The maximum Gasteiger partial charge on any atom is 0.237 e. The molecule has 1 fully saturated rings. The van der Waals surface area contributed by atoms with E-state index >= 15 is 0 Å². The van der Waals surface area contributed by atoms with Crippen LogP contribution in [0.5, 0.6) is 11.6 Å². The minimum Gasteiger partial charge on any atom is -0.437 e. The van der Waals surface area contributed by atoms with Crippen LogP contribution in [0.2, 0.25) is 0 Å². The SMILES string of the molecule is Cc1ccc(Br)cc1Oc1cnc(CNC2CC2)cn1. The third-order valence-corrected chi connectivity index (χ3v) is 3.69. The van der Waals surface area contributed by atoms with Crippen LogP contribution in [0.15, 0.2) is 35.1 Å². The quantitative estimate of drug-likeness (QED) is 0.908. The first-order chi connectivity index (χ1) is 9.70. The van der Waals surface area contributed by atoms with Crippen molar-refractivity contribution in [1.29, 1.82) is 0 Å². The summed E-state index contributed by atoms with van der Waals surface area (Å²) in [5.41, 5.74) is 2.00. The van der Waals surface area contributed by atoms with Crippen molar-refractivity contribution >= 4 is 15.9 Å². The van der Waals surface area contributed by atoms with Crippen LogP contribution in [0.1, 0.15) is 24.1 Å². The average molecular weight is 334 g/mol. The Balaban J connectivity index is 1.66. The number of hydrogen-bond donors (Lipinski definition) is 1. The highest BCUT2D eigenvalue weighted by atomic mass is 79.9. The number of aryl methyl sites for hydroxylation is 1. The average Bonchev–Trinajstić information content (AvgIpc) is 3.26. The summed E-state index contributed by atoms with van der Waals surface area (Å²) >= 11 is 3.44. The molecule has 1 aromatic carbocycles. The predicted octanol–water partition coefficient (Wildman–Crippen LogP) is 3.59. The summed E-state index contributed by atoms with van der Waals surface area (Å²) in [4.78, 5) is 8.67. The number of halogens is 1. The van der Waals surface area contributed by atoms with Crippen molar-refractivity contribution in [3.63, 3.8) is 0 Å². The maximum atomic E-state index is 5.76. The van der Waals surface area contributed by atoms with E-state index in [-0.39, 0.29) is 0 Å². The number of benzene rings is 1. The summed E-state index contributed by atoms with van der Waals surface area (Å²) in [6, 6.07) is 6.60. The lowest BCUT2D eigenvalue weighted by atomic mass is 10.2. The molecule has 4 nitrogen and oxygen atoms in total. The molecule has 1 saturated carbocycles. The molecule has 0 amide bonds. The van der Waals surface area contributed by atoms with Crippen molar-refractivity contribution in [2.45, 2.75) is 32.4 Å². The molecule has 0 radical (unpaired) electrons. The molecule has 0 unspecified atom stereocenters. The van der Waals surface area contributed by atoms with E-state index in [4.69, 9.17) is 4.74 Å². The Hall–Kier alpha value is -1.46. The van der Waals surface area contributed by atoms with Crippen LogP contribution in [0.3, 0.4) is 0 Å². The summed E-state index contributed by atoms with van der Waals surface area (Å²) in [6.45, 7) is 2.77. The lowest BCUT2D eigenvalue weighted by Crippen LogP contribution is -2.16.